The number of halogens is 1. The van der Waals surface area contributed by atoms with E-state index in [9.17, 15) is 4.79 Å². The van der Waals surface area contributed by atoms with Crippen molar-refractivity contribution in [3.05, 3.63) is 34.3 Å². The summed E-state index contributed by atoms with van der Waals surface area (Å²) in [7, 11) is 2.15. The molecule has 6 heteroatoms. The SMILES string of the molecule is C[NH+]1CC=C(NNC(=O)c2ccc(Br)o2)CC1. The predicted molar refractivity (Wildman–Crippen MR) is 66.3 cm³/mol. The fourth-order valence-corrected chi connectivity index (χ4v) is 1.90. The van der Waals surface area contributed by atoms with Crippen molar-refractivity contribution in [1.29, 1.82) is 0 Å². The van der Waals surface area contributed by atoms with Crippen LogP contribution in [0.3, 0.4) is 0 Å². The maximum absolute atomic E-state index is 11.6. The van der Waals surface area contributed by atoms with Crippen molar-refractivity contribution in [1.82, 2.24) is 10.9 Å². The number of hydrogen-bond donors (Lipinski definition) is 3. The zero-order valence-corrected chi connectivity index (χ0v) is 11.1. The largest absolute Gasteiger partial charge is 0.444 e. The van der Waals surface area contributed by atoms with Crippen LogP contribution in [0.1, 0.15) is 17.0 Å². The minimum atomic E-state index is -0.275. The molecule has 0 aromatic carbocycles. The molecule has 0 fully saturated rings. The van der Waals surface area contributed by atoms with Crippen LogP contribution in [-0.4, -0.2) is 26.0 Å². The zero-order chi connectivity index (χ0) is 12.3. The number of nitrogens with one attached hydrogen (secondary N) is 3. The zero-order valence-electron chi connectivity index (χ0n) is 9.55. The van der Waals surface area contributed by atoms with E-state index in [0.717, 1.165) is 25.2 Å². The van der Waals surface area contributed by atoms with Gasteiger partial charge in [0.15, 0.2) is 10.4 Å². The van der Waals surface area contributed by atoms with Crippen molar-refractivity contribution in [2.24, 2.45) is 0 Å². The molecule has 3 N–H and O–H groups in total. The molecule has 1 atom stereocenters. The third kappa shape index (κ3) is 3.34. The van der Waals surface area contributed by atoms with E-state index >= 15 is 0 Å². The topological polar surface area (TPSA) is 58.7 Å². The summed E-state index contributed by atoms with van der Waals surface area (Å²) in [5, 5.41) is 0. The Balaban J connectivity index is 1.84. The summed E-state index contributed by atoms with van der Waals surface area (Å²) in [4.78, 5) is 13.1. The molecule has 2 heterocycles. The maximum Gasteiger partial charge on any atom is 0.305 e. The molecule has 17 heavy (non-hydrogen) atoms. The molecule has 92 valence electrons. The van der Waals surface area contributed by atoms with Crippen molar-refractivity contribution in [2.75, 3.05) is 20.1 Å². The van der Waals surface area contributed by atoms with Crippen LogP contribution in [0.5, 0.6) is 0 Å². The molecule has 1 aliphatic heterocycles. The van der Waals surface area contributed by atoms with E-state index in [2.05, 4.69) is 39.9 Å². The molecular weight excluding hydrogens is 286 g/mol. The molecule has 0 spiro atoms. The van der Waals surface area contributed by atoms with Crippen molar-refractivity contribution in [2.45, 2.75) is 6.42 Å². The smallest absolute Gasteiger partial charge is 0.305 e. The van der Waals surface area contributed by atoms with Gasteiger partial charge in [-0.25, -0.2) is 0 Å². The predicted octanol–water partition coefficient (Wildman–Crippen LogP) is 0.0788. The summed E-state index contributed by atoms with van der Waals surface area (Å²) in [5.74, 6) is 0.00593. The second-order valence-corrected chi connectivity index (χ2v) is 4.86. The van der Waals surface area contributed by atoms with Crippen LogP contribution < -0.4 is 15.8 Å². The van der Waals surface area contributed by atoms with Gasteiger partial charge in [-0.05, 0) is 34.1 Å². The monoisotopic (exact) mass is 300 g/mol. The first-order chi connectivity index (χ1) is 8.15. The summed E-state index contributed by atoms with van der Waals surface area (Å²) >= 11 is 3.15. The van der Waals surface area contributed by atoms with Crippen LogP contribution in [-0.2, 0) is 0 Å². The highest BCUT2D eigenvalue weighted by molar-refractivity contribution is 9.10. The first kappa shape index (κ1) is 12.2. The molecule has 1 aromatic heterocycles. The molecule has 1 amide bonds. The Kier molecular flexibility index (Phi) is 3.86. The number of carbonyl (C=O) groups excluding carboxylic acids is 1. The van der Waals surface area contributed by atoms with Crippen molar-refractivity contribution < 1.29 is 14.1 Å². The first-order valence-electron chi connectivity index (χ1n) is 5.47. The molecule has 0 saturated carbocycles. The van der Waals surface area contributed by atoms with Crippen LogP contribution >= 0.6 is 15.9 Å². The van der Waals surface area contributed by atoms with Crippen molar-refractivity contribution in [3.8, 4) is 0 Å². The van der Waals surface area contributed by atoms with Gasteiger partial charge in [0.1, 0.15) is 0 Å². The number of likely N-dealkylation sites (N-methyl/N-ethyl adjacent to an activating group) is 1. The Labute approximate surface area is 108 Å². The molecule has 0 aliphatic carbocycles. The second kappa shape index (κ2) is 5.37. The van der Waals surface area contributed by atoms with E-state index in [0.29, 0.717) is 4.67 Å². The number of carbonyl (C=O) groups is 1. The minimum Gasteiger partial charge on any atom is -0.444 e. The first-order valence-corrected chi connectivity index (χ1v) is 6.26. The fourth-order valence-electron chi connectivity index (χ4n) is 1.60. The minimum absolute atomic E-state index is 0.275. The van der Waals surface area contributed by atoms with Crippen LogP contribution in [0, 0.1) is 0 Å². The van der Waals surface area contributed by atoms with Gasteiger partial charge in [-0.15, -0.1) is 0 Å². The Bertz CT molecular complexity index is 442. The van der Waals surface area contributed by atoms with Crippen molar-refractivity contribution >= 4 is 21.8 Å². The second-order valence-electron chi connectivity index (χ2n) is 4.07. The molecule has 1 unspecified atom stereocenters. The molecule has 2 rings (SSSR count). The average molecular weight is 301 g/mol. The molecule has 1 aliphatic rings. The van der Waals surface area contributed by atoms with Gasteiger partial charge in [0.25, 0.3) is 0 Å². The number of hydrazine groups is 1. The fraction of sp³-hybridized carbons (Fsp3) is 0.364. The van der Waals surface area contributed by atoms with Crippen LogP contribution in [0.25, 0.3) is 0 Å². The van der Waals surface area contributed by atoms with Gasteiger partial charge in [-0.3, -0.25) is 10.2 Å². The Morgan fingerprint density at radius 3 is 2.94 bits per heavy atom. The Morgan fingerprint density at radius 2 is 2.35 bits per heavy atom. The summed E-state index contributed by atoms with van der Waals surface area (Å²) < 4.78 is 5.69. The standard InChI is InChI=1S/C11H14BrN3O2/c1-15-6-4-8(5-7-15)13-14-11(16)9-2-3-10(12)17-9/h2-4,13H,5-7H2,1H3,(H,14,16)/p+1. The lowest BCUT2D eigenvalue weighted by Crippen LogP contribution is -3.09. The molecule has 1 aromatic rings. The summed E-state index contributed by atoms with van der Waals surface area (Å²) in [6.07, 6.45) is 3.03. The van der Waals surface area contributed by atoms with Crippen molar-refractivity contribution in [3.63, 3.8) is 0 Å². The third-order valence-corrected chi connectivity index (χ3v) is 3.08. The number of hydrogen-bond acceptors (Lipinski definition) is 3. The lowest BCUT2D eigenvalue weighted by Gasteiger charge is -2.20. The summed E-state index contributed by atoms with van der Waals surface area (Å²) in [5.41, 5.74) is 6.59. The Morgan fingerprint density at radius 1 is 1.53 bits per heavy atom. The normalized spacial score (nSPS) is 19.6. The lowest BCUT2D eigenvalue weighted by atomic mass is 10.2. The van der Waals surface area contributed by atoms with E-state index in [4.69, 9.17) is 4.42 Å². The molecule has 0 saturated heterocycles. The van der Waals surface area contributed by atoms with Crippen LogP contribution in [0.2, 0.25) is 0 Å². The Hall–Kier alpha value is -1.27. The quantitative estimate of drug-likeness (QED) is 0.693. The van der Waals surface area contributed by atoms with Gasteiger partial charge in [0.05, 0.1) is 20.1 Å². The highest BCUT2D eigenvalue weighted by Crippen LogP contribution is 2.13. The van der Waals surface area contributed by atoms with Gasteiger partial charge in [0.2, 0.25) is 0 Å². The van der Waals surface area contributed by atoms with Gasteiger partial charge in [-0.2, -0.15) is 0 Å². The number of quaternary nitrogens is 1. The van der Waals surface area contributed by atoms with E-state index in [1.807, 2.05) is 0 Å². The number of amides is 1. The van der Waals surface area contributed by atoms with Gasteiger partial charge < -0.3 is 14.7 Å². The summed E-state index contributed by atoms with van der Waals surface area (Å²) in [6.45, 7) is 2.05. The summed E-state index contributed by atoms with van der Waals surface area (Å²) in [6, 6.07) is 3.31. The highest BCUT2D eigenvalue weighted by Gasteiger charge is 2.13. The number of rotatable bonds is 3. The van der Waals surface area contributed by atoms with E-state index in [-0.39, 0.29) is 11.7 Å². The van der Waals surface area contributed by atoms with Crippen LogP contribution in [0.4, 0.5) is 0 Å². The van der Waals surface area contributed by atoms with Gasteiger partial charge >= 0.3 is 5.91 Å². The highest BCUT2D eigenvalue weighted by atomic mass is 79.9. The van der Waals surface area contributed by atoms with E-state index < -0.39 is 0 Å². The van der Waals surface area contributed by atoms with Gasteiger partial charge in [-0.1, -0.05) is 0 Å². The third-order valence-electron chi connectivity index (χ3n) is 2.65. The molecule has 0 bridgehead atoms. The molecule has 5 nitrogen and oxygen atoms in total. The van der Waals surface area contributed by atoms with E-state index in [1.165, 1.54) is 4.90 Å². The molecular formula is C11H15BrN3O2+. The maximum atomic E-state index is 11.6. The van der Waals surface area contributed by atoms with Gasteiger partial charge in [0, 0.05) is 12.1 Å². The lowest BCUT2D eigenvalue weighted by molar-refractivity contribution is -0.875. The van der Waals surface area contributed by atoms with Crippen LogP contribution in [0.15, 0.2) is 33.0 Å². The molecule has 0 radical (unpaired) electrons. The average Bonchev–Trinajstić information content (AvgIpc) is 2.75. The number of furan rings is 1. The van der Waals surface area contributed by atoms with E-state index in [1.54, 1.807) is 12.1 Å².